The van der Waals surface area contributed by atoms with E-state index in [2.05, 4.69) is 15.3 Å². The highest BCUT2D eigenvalue weighted by atomic mass is 19.1. The number of amides is 1. The van der Waals surface area contributed by atoms with E-state index in [0.717, 1.165) is 35.2 Å². The molecule has 0 unspecified atom stereocenters. The molecule has 2 heterocycles. The second-order valence-corrected chi connectivity index (χ2v) is 6.00. The van der Waals surface area contributed by atoms with Crippen LogP contribution in [0.5, 0.6) is 0 Å². The number of aromatic nitrogens is 3. The van der Waals surface area contributed by atoms with Gasteiger partial charge < -0.3 is 9.88 Å². The second-order valence-electron chi connectivity index (χ2n) is 6.00. The van der Waals surface area contributed by atoms with Gasteiger partial charge in [-0.3, -0.25) is 4.79 Å². The maximum absolute atomic E-state index is 13.2. The van der Waals surface area contributed by atoms with Crippen molar-refractivity contribution < 1.29 is 13.6 Å². The first kappa shape index (κ1) is 17.0. The van der Waals surface area contributed by atoms with Gasteiger partial charge in [-0.15, -0.1) is 0 Å². The van der Waals surface area contributed by atoms with E-state index in [0.29, 0.717) is 13.0 Å². The third-order valence-corrected chi connectivity index (χ3v) is 3.80. The van der Waals surface area contributed by atoms with Crippen LogP contribution in [0.25, 0.3) is 11.2 Å². The molecule has 130 valence electrons. The Kier molecular flexibility index (Phi) is 4.74. The van der Waals surface area contributed by atoms with Crippen LogP contribution in [-0.4, -0.2) is 27.0 Å². The summed E-state index contributed by atoms with van der Waals surface area (Å²) < 4.78 is 28.4. The zero-order valence-electron chi connectivity index (χ0n) is 14.0. The summed E-state index contributed by atoms with van der Waals surface area (Å²) in [7, 11) is 0. The first-order chi connectivity index (χ1) is 12.0. The topological polar surface area (TPSA) is 59.8 Å². The Labute approximate surface area is 143 Å². The van der Waals surface area contributed by atoms with Crippen LogP contribution in [-0.2, 0) is 6.42 Å². The fourth-order valence-electron chi connectivity index (χ4n) is 2.77. The van der Waals surface area contributed by atoms with Gasteiger partial charge in [0.25, 0.3) is 5.91 Å². The SMILES string of the molecule is CC(C)n1c(CCNC(=O)c2cc(F)cc(F)c2)nc2cccnc21. The Morgan fingerprint density at radius 1 is 1.24 bits per heavy atom. The van der Waals surface area contributed by atoms with E-state index in [4.69, 9.17) is 0 Å². The molecule has 1 aromatic carbocycles. The van der Waals surface area contributed by atoms with Gasteiger partial charge in [0.2, 0.25) is 0 Å². The van der Waals surface area contributed by atoms with Crippen LogP contribution in [0.1, 0.15) is 36.1 Å². The minimum atomic E-state index is -0.780. The van der Waals surface area contributed by atoms with Crippen molar-refractivity contribution in [2.24, 2.45) is 0 Å². The Hall–Kier alpha value is -2.83. The smallest absolute Gasteiger partial charge is 0.251 e. The molecule has 0 spiro atoms. The van der Waals surface area contributed by atoms with E-state index in [1.165, 1.54) is 0 Å². The Morgan fingerprint density at radius 2 is 1.96 bits per heavy atom. The summed E-state index contributed by atoms with van der Waals surface area (Å²) in [6.07, 6.45) is 2.20. The number of nitrogens with zero attached hydrogens (tertiary/aromatic N) is 3. The van der Waals surface area contributed by atoms with Gasteiger partial charge in [0.05, 0.1) is 0 Å². The van der Waals surface area contributed by atoms with Gasteiger partial charge in [0.1, 0.15) is 23.0 Å². The van der Waals surface area contributed by atoms with Crippen molar-refractivity contribution in [3.63, 3.8) is 0 Å². The minimum absolute atomic E-state index is 0.0449. The van der Waals surface area contributed by atoms with Gasteiger partial charge in [0, 0.05) is 36.8 Å². The van der Waals surface area contributed by atoms with Crippen LogP contribution in [0.2, 0.25) is 0 Å². The molecule has 0 fully saturated rings. The molecule has 0 aliphatic carbocycles. The van der Waals surface area contributed by atoms with Crippen LogP contribution in [0.15, 0.2) is 36.5 Å². The fourth-order valence-corrected chi connectivity index (χ4v) is 2.77. The van der Waals surface area contributed by atoms with E-state index < -0.39 is 17.5 Å². The number of benzene rings is 1. The summed E-state index contributed by atoms with van der Waals surface area (Å²) in [5.41, 5.74) is 1.55. The average Bonchev–Trinajstić information content (AvgIpc) is 2.92. The fraction of sp³-hybridized carbons (Fsp3) is 0.278. The molecule has 1 amide bonds. The van der Waals surface area contributed by atoms with Crippen LogP contribution in [0.3, 0.4) is 0 Å². The molecule has 0 radical (unpaired) electrons. The number of carbonyl (C=O) groups is 1. The highest BCUT2D eigenvalue weighted by Crippen LogP contribution is 2.19. The number of rotatable bonds is 5. The zero-order valence-corrected chi connectivity index (χ0v) is 14.0. The molecule has 2 aromatic heterocycles. The maximum atomic E-state index is 13.2. The number of halogens is 2. The van der Waals surface area contributed by atoms with Gasteiger partial charge >= 0.3 is 0 Å². The van der Waals surface area contributed by atoms with Gasteiger partial charge in [-0.2, -0.15) is 0 Å². The molecule has 0 atom stereocenters. The van der Waals surface area contributed by atoms with Crippen molar-refractivity contribution >= 4 is 17.1 Å². The molecule has 3 aromatic rings. The summed E-state index contributed by atoms with van der Waals surface area (Å²) in [5.74, 6) is -1.28. The van der Waals surface area contributed by atoms with Crippen molar-refractivity contribution in [1.29, 1.82) is 0 Å². The van der Waals surface area contributed by atoms with Crippen molar-refractivity contribution in [2.75, 3.05) is 6.54 Å². The van der Waals surface area contributed by atoms with Gasteiger partial charge in [-0.25, -0.2) is 18.7 Å². The first-order valence-electron chi connectivity index (χ1n) is 8.02. The summed E-state index contributed by atoms with van der Waals surface area (Å²) >= 11 is 0. The summed E-state index contributed by atoms with van der Waals surface area (Å²) in [6.45, 7) is 4.37. The molecule has 3 rings (SSSR count). The summed E-state index contributed by atoms with van der Waals surface area (Å²) in [5, 5.41) is 2.67. The number of pyridine rings is 1. The highest BCUT2D eigenvalue weighted by Gasteiger charge is 2.14. The molecule has 0 bridgehead atoms. The van der Waals surface area contributed by atoms with Gasteiger partial charge in [0.15, 0.2) is 5.65 Å². The minimum Gasteiger partial charge on any atom is -0.352 e. The second kappa shape index (κ2) is 6.96. The lowest BCUT2D eigenvalue weighted by Crippen LogP contribution is -2.27. The average molecular weight is 344 g/mol. The van der Waals surface area contributed by atoms with Crippen LogP contribution < -0.4 is 5.32 Å². The number of imidazole rings is 1. The molecule has 0 aliphatic rings. The lowest BCUT2D eigenvalue weighted by Gasteiger charge is -2.12. The summed E-state index contributed by atoms with van der Waals surface area (Å²) in [4.78, 5) is 21.0. The van der Waals surface area contributed by atoms with Gasteiger partial charge in [-0.1, -0.05) is 0 Å². The largest absolute Gasteiger partial charge is 0.352 e. The number of carbonyl (C=O) groups excluding carboxylic acids is 1. The van der Waals surface area contributed by atoms with Crippen molar-refractivity contribution in [3.05, 3.63) is 59.6 Å². The molecule has 0 saturated carbocycles. The molecular weight excluding hydrogens is 326 g/mol. The van der Waals surface area contributed by atoms with E-state index in [-0.39, 0.29) is 11.6 Å². The predicted octanol–water partition coefficient (Wildman–Crippen LogP) is 3.26. The molecule has 0 aliphatic heterocycles. The lowest BCUT2D eigenvalue weighted by atomic mass is 10.2. The van der Waals surface area contributed by atoms with Crippen molar-refractivity contribution in [2.45, 2.75) is 26.3 Å². The third kappa shape index (κ3) is 3.65. The standard InChI is InChI=1S/C18H18F2N4O/c1-11(2)24-16(23-15-4-3-6-21-17(15)24)5-7-22-18(25)12-8-13(19)10-14(20)9-12/h3-4,6,8-11H,5,7H2,1-2H3,(H,22,25). The van der Waals surface area contributed by atoms with Crippen molar-refractivity contribution in [3.8, 4) is 0 Å². The van der Waals surface area contributed by atoms with E-state index >= 15 is 0 Å². The number of hydrogen-bond donors (Lipinski definition) is 1. The monoisotopic (exact) mass is 344 g/mol. The summed E-state index contributed by atoms with van der Waals surface area (Å²) in [6, 6.07) is 6.62. The molecule has 25 heavy (non-hydrogen) atoms. The molecule has 7 heteroatoms. The first-order valence-corrected chi connectivity index (χ1v) is 8.02. The zero-order chi connectivity index (χ0) is 18.0. The van der Waals surface area contributed by atoms with E-state index in [1.54, 1.807) is 6.20 Å². The maximum Gasteiger partial charge on any atom is 0.251 e. The predicted molar refractivity (Wildman–Crippen MR) is 90.3 cm³/mol. The Morgan fingerprint density at radius 3 is 2.64 bits per heavy atom. The molecule has 0 saturated heterocycles. The van der Waals surface area contributed by atoms with Crippen LogP contribution in [0, 0.1) is 11.6 Å². The normalized spacial score (nSPS) is 11.2. The van der Waals surface area contributed by atoms with E-state index in [9.17, 15) is 13.6 Å². The lowest BCUT2D eigenvalue weighted by molar-refractivity contribution is 0.0953. The Balaban J connectivity index is 1.72. The molecule has 5 nitrogen and oxygen atoms in total. The van der Waals surface area contributed by atoms with E-state index in [1.807, 2.05) is 30.5 Å². The number of fused-ring (bicyclic) bond motifs is 1. The third-order valence-electron chi connectivity index (χ3n) is 3.80. The Bertz CT molecular complexity index is 900. The highest BCUT2D eigenvalue weighted by molar-refractivity contribution is 5.94. The number of hydrogen-bond acceptors (Lipinski definition) is 3. The van der Waals surface area contributed by atoms with Gasteiger partial charge in [-0.05, 0) is 38.1 Å². The van der Waals surface area contributed by atoms with Crippen LogP contribution in [0.4, 0.5) is 8.78 Å². The number of nitrogens with one attached hydrogen (secondary N) is 1. The molecular formula is C18H18F2N4O. The quantitative estimate of drug-likeness (QED) is 0.773. The van der Waals surface area contributed by atoms with Crippen molar-refractivity contribution in [1.82, 2.24) is 19.9 Å². The van der Waals surface area contributed by atoms with Crippen LogP contribution >= 0.6 is 0 Å². The molecule has 1 N–H and O–H groups in total.